The lowest BCUT2D eigenvalue weighted by Gasteiger charge is -2.17. The van der Waals surface area contributed by atoms with Crippen molar-refractivity contribution < 1.29 is 22.3 Å². The SMILES string of the molecule is CCS(=O)(=O)CCCC(O)C1CCC(F)(F)C1. The van der Waals surface area contributed by atoms with Crippen LogP contribution in [0.25, 0.3) is 0 Å². The van der Waals surface area contributed by atoms with Crippen LogP contribution in [-0.4, -0.2) is 37.1 Å². The van der Waals surface area contributed by atoms with Crippen LogP contribution in [0.15, 0.2) is 0 Å². The van der Waals surface area contributed by atoms with Crippen LogP contribution in [0.3, 0.4) is 0 Å². The van der Waals surface area contributed by atoms with Crippen molar-refractivity contribution in [2.75, 3.05) is 11.5 Å². The van der Waals surface area contributed by atoms with Crippen molar-refractivity contribution in [3.05, 3.63) is 0 Å². The summed E-state index contributed by atoms with van der Waals surface area (Å²) in [5.41, 5.74) is 0. The smallest absolute Gasteiger partial charge is 0.248 e. The van der Waals surface area contributed by atoms with E-state index in [-0.39, 0.29) is 30.3 Å². The topological polar surface area (TPSA) is 54.4 Å². The summed E-state index contributed by atoms with van der Waals surface area (Å²) in [6.45, 7) is 1.57. The van der Waals surface area contributed by atoms with E-state index in [4.69, 9.17) is 0 Å². The third kappa shape index (κ3) is 4.87. The van der Waals surface area contributed by atoms with Crippen LogP contribution in [0.2, 0.25) is 0 Å². The van der Waals surface area contributed by atoms with E-state index in [0.717, 1.165) is 0 Å². The fourth-order valence-electron chi connectivity index (χ4n) is 2.21. The first-order valence-electron chi connectivity index (χ1n) is 6.02. The number of hydrogen-bond donors (Lipinski definition) is 1. The lowest BCUT2D eigenvalue weighted by atomic mass is 9.97. The van der Waals surface area contributed by atoms with Gasteiger partial charge in [0.25, 0.3) is 0 Å². The molecule has 0 heterocycles. The Morgan fingerprint density at radius 2 is 2.12 bits per heavy atom. The minimum Gasteiger partial charge on any atom is -0.393 e. The first-order valence-corrected chi connectivity index (χ1v) is 7.84. The van der Waals surface area contributed by atoms with E-state index in [1.165, 1.54) is 0 Å². The summed E-state index contributed by atoms with van der Waals surface area (Å²) in [7, 11) is -3.02. The fraction of sp³-hybridized carbons (Fsp3) is 1.00. The Bertz CT molecular complexity index is 341. The van der Waals surface area contributed by atoms with Gasteiger partial charge in [0.15, 0.2) is 0 Å². The predicted octanol–water partition coefficient (Wildman–Crippen LogP) is 2.00. The molecular formula is C11H20F2O3S. The van der Waals surface area contributed by atoms with Gasteiger partial charge in [-0.05, 0) is 25.2 Å². The van der Waals surface area contributed by atoms with E-state index in [1.54, 1.807) is 6.92 Å². The Kier molecular flexibility index (Phi) is 4.89. The number of halogens is 2. The van der Waals surface area contributed by atoms with Gasteiger partial charge in [0.1, 0.15) is 9.84 Å². The predicted molar refractivity (Wildman–Crippen MR) is 61.9 cm³/mol. The molecule has 0 bridgehead atoms. The van der Waals surface area contributed by atoms with Crippen molar-refractivity contribution in [2.24, 2.45) is 5.92 Å². The van der Waals surface area contributed by atoms with E-state index < -0.39 is 21.9 Å². The average Bonchev–Trinajstić information content (AvgIpc) is 2.58. The minimum absolute atomic E-state index is 0.0314. The second kappa shape index (κ2) is 5.61. The number of aliphatic hydroxyl groups is 1. The van der Waals surface area contributed by atoms with E-state index in [9.17, 15) is 22.3 Å². The Balaban J connectivity index is 2.29. The molecule has 102 valence electrons. The molecule has 2 atom stereocenters. The Hall–Kier alpha value is -0.230. The van der Waals surface area contributed by atoms with Crippen LogP contribution in [0, 0.1) is 5.92 Å². The molecule has 0 saturated heterocycles. The summed E-state index contributed by atoms with van der Waals surface area (Å²) in [4.78, 5) is 0. The molecule has 1 rings (SSSR count). The van der Waals surface area contributed by atoms with Gasteiger partial charge in [-0.1, -0.05) is 6.92 Å². The maximum atomic E-state index is 12.9. The minimum atomic E-state index is -3.02. The second-order valence-electron chi connectivity index (χ2n) is 4.80. The van der Waals surface area contributed by atoms with E-state index in [0.29, 0.717) is 19.3 Å². The largest absolute Gasteiger partial charge is 0.393 e. The summed E-state index contributed by atoms with van der Waals surface area (Å²) in [5, 5.41) is 9.72. The monoisotopic (exact) mass is 270 g/mol. The highest BCUT2D eigenvalue weighted by Crippen LogP contribution is 2.41. The molecule has 2 unspecified atom stereocenters. The van der Waals surface area contributed by atoms with Crippen molar-refractivity contribution in [3.63, 3.8) is 0 Å². The molecular weight excluding hydrogens is 250 g/mol. The molecule has 0 radical (unpaired) electrons. The van der Waals surface area contributed by atoms with Crippen molar-refractivity contribution in [1.29, 1.82) is 0 Å². The van der Waals surface area contributed by atoms with Crippen LogP contribution in [0.1, 0.15) is 39.0 Å². The number of hydrogen-bond acceptors (Lipinski definition) is 3. The highest BCUT2D eigenvalue weighted by Gasteiger charge is 2.41. The highest BCUT2D eigenvalue weighted by atomic mass is 32.2. The average molecular weight is 270 g/mol. The molecule has 1 fully saturated rings. The van der Waals surface area contributed by atoms with E-state index >= 15 is 0 Å². The van der Waals surface area contributed by atoms with Gasteiger partial charge in [0.05, 0.1) is 11.9 Å². The number of alkyl halides is 2. The quantitative estimate of drug-likeness (QED) is 0.803. The van der Waals surface area contributed by atoms with Gasteiger partial charge < -0.3 is 5.11 Å². The molecule has 0 aromatic carbocycles. The first-order chi connectivity index (χ1) is 7.76. The zero-order valence-corrected chi connectivity index (χ0v) is 10.8. The molecule has 6 heteroatoms. The zero-order chi connectivity index (χ0) is 13.1. The van der Waals surface area contributed by atoms with Crippen LogP contribution in [0.4, 0.5) is 8.78 Å². The maximum Gasteiger partial charge on any atom is 0.248 e. The number of sulfone groups is 1. The van der Waals surface area contributed by atoms with Gasteiger partial charge in [-0.2, -0.15) is 0 Å². The first kappa shape index (κ1) is 14.8. The molecule has 0 spiro atoms. The van der Waals surface area contributed by atoms with Crippen molar-refractivity contribution in [2.45, 2.75) is 51.1 Å². The molecule has 0 aromatic rings. The van der Waals surface area contributed by atoms with E-state index in [1.807, 2.05) is 0 Å². The summed E-state index contributed by atoms with van der Waals surface area (Å²) in [5.74, 6) is -2.91. The lowest BCUT2D eigenvalue weighted by Crippen LogP contribution is -2.21. The highest BCUT2D eigenvalue weighted by molar-refractivity contribution is 7.91. The fourth-order valence-corrected chi connectivity index (χ4v) is 3.10. The van der Waals surface area contributed by atoms with Gasteiger partial charge in [-0.3, -0.25) is 0 Å². The molecule has 1 aliphatic rings. The molecule has 0 amide bonds. The van der Waals surface area contributed by atoms with Gasteiger partial charge in [0, 0.05) is 18.6 Å². The molecule has 3 nitrogen and oxygen atoms in total. The standard InChI is InChI=1S/C11H20F2O3S/c1-2-17(15,16)7-3-4-10(14)9-5-6-11(12,13)8-9/h9-10,14H,2-8H2,1H3. The van der Waals surface area contributed by atoms with Crippen LogP contribution in [0.5, 0.6) is 0 Å². The second-order valence-corrected chi connectivity index (χ2v) is 7.28. The molecule has 1 N–H and O–H groups in total. The third-order valence-electron chi connectivity index (χ3n) is 3.38. The Morgan fingerprint density at radius 1 is 1.47 bits per heavy atom. The molecule has 0 aromatic heterocycles. The Morgan fingerprint density at radius 3 is 2.59 bits per heavy atom. The summed E-state index contributed by atoms with van der Waals surface area (Å²) < 4.78 is 48.2. The van der Waals surface area contributed by atoms with Gasteiger partial charge in [-0.25, -0.2) is 17.2 Å². The van der Waals surface area contributed by atoms with Crippen molar-refractivity contribution in [3.8, 4) is 0 Å². The maximum absolute atomic E-state index is 12.9. The van der Waals surface area contributed by atoms with Crippen LogP contribution >= 0.6 is 0 Å². The molecule has 0 aliphatic heterocycles. The third-order valence-corrected chi connectivity index (χ3v) is 5.17. The summed E-state index contributed by atoms with van der Waals surface area (Å²) in [6, 6.07) is 0. The Labute approximate surface area is 101 Å². The zero-order valence-electron chi connectivity index (χ0n) is 10.0. The van der Waals surface area contributed by atoms with Gasteiger partial charge in [-0.15, -0.1) is 0 Å². The van der Waals surface area contributed by atoms with Crippen LogP contribution < -0.4 is 0 Å². The number of rotatable bonds is 6. The van der Waals surface area contributed by atoms with Crippen molar-refractivity contribution >= 4 is 9.84 Å². The lowest BCUT2D eigenvalue weighted by molar-refractivity contribution is -0.00569. The van der Waals surface area contributed by atoms with E-state index in [2.05, 4.69) is 0 Å². The molecule has 1 aliphatic carbocycles. The van der Waals surface area contributed by atoms with Gasteiger partial charge in [0.2, 0.25) is 5.92 Å². The summed E-state index contributed by atoms with van der Waals surface area (Å²) >= 11 is 0. The van der Waals surface area contributed by atoms with Crippen molar-refractivity contribution in [1.82, 2.24) is 0 Å². The number of aliphatic hydroxyl groups excluding tert-OH is 1. The summed E-state index contributed by atoms with van der Waals surface area (Å²) in [6.07, 6.45) is -0.263. The molecule has 17 heavy (non-hydrogen) atoms. The van der Waals surface area contributed by atoms with Crippen LogP contribution in [-0.2, 0) is 9.84 Å². The van der Waals surface area contributed by atoms with Gasteiger partial charge >= 0.3 is 0 Å². The normalized spacial score (nSPS) is 26.0. The molecule has 1 saturated carbocycles.